The molecule has 0 spiro atoms. The van der Waals surface area contributed by atoms with Gasteiger partial charge >= 0.3 is 0 Å². The molecule has 0 aliphatic heterocycles. The van der Waals surface area contributed by atoms with Crippen molar-refractivity contribution in [3.8, 4) is 5.75 Å². The SMILES string of the molecule is COc1cccc(C2CCCC(Cl)C2)c1. The Kier molecular flexibility index (Phi) is 3.53. The van der Waals surface area contributed by atoms with Crippen molar-refractivity contribution >= 4 is 11.6 Å². The highest BCUT2D eigenvalue weighted by Gasteiger charge is 2.21. The van der Waals surface area contributed by atoms with Crippen LogP contribution in [0.1, 0.15) is 37.2 Å². The smallest absolute Gasteiger partial charge is 0.119 e. The zero-order chi connectivity index (χ0) is 10.7. The van der Waals surface area contributed by atoms with Gasteiger partial charge in [0.15, 0.2) is 0 Å². The highest BCUT2D eigenvalue weighted by Crippen LogP contribution is 2.36. The van der Waals surface area contributed by atoms with Gasteiger partial charge < -0.3 is 4.74 Å². The molecule has 2 heteroatoms. The Balaban J connectivity index is 2.13. The first-order chi connectivity index (χ1) is 7.29. The fourth-order valence-electron chi connectivity index (χ4n) is 2.33. The summed E-state index contributed by atoms with van der Waals surface area (Å²) in [6.45, 7) is 0. The summed E-state index contributed by atoms with van der Waals surface area (Å²) in [5.41, 5.74) is 1.37. The third-order valence-electron chi connectivity index (χ3n) is 3.18. The molecule has 2 unspecified atom stereocenters. The number of methoxy groups -OCH3 is 1. The number of benzene rings is 1. The minimum absolute atomic E-state index is 0.356. The number of hydrogen-bond donors (Lipinski definition) is 0. The van der Waals surface area contributed by atoms with Gasteiger partial charge in [0.05, 0.1) is 7.11 Å². The predicted octanol–water partition coefficient (Wildman–Crippen LogP) is 3.96. The number of halogens is 1. The Morgan fingerprint density at radius 2 is 2.20 bits per heavy atom. The van der Waals surface area contributed by atoms with Gasteiger partial charge in [-0.1, -0.05) is 18.6 Å². The largest absolute Gasteiger partial charge is 0.497 e. The van der Waals surface area contributed by atoms with Gasteiger partial charge in [0.2, 0.25) is 0 Å². The maximum absolute atomic E-state index is 6.20. The quantitative estimate of drug-likeness (QED) is 0.691. The molecule has 15 heavy (non-hydrogen) atoms. The van der Waals surface area contributed by atoms with Gasteiger partial charge in [-0.3, -0.25) is 0 Å². The van der Waals surface area contributed by atoms with E-state index in [0.29, 0.717) is 11.3 Å². The van der Waals surface area contributed by atoms with Crippen LogP contribution in [0.5, 0.6) is 5.75 Å². The molecular formula is C13H17ClO. The average molecular weight is 225 g/mol. The van der Waals surface area contributed by atoms with Gasteiger partial charge in [-0.25, -0.2) is 0 Å². The Bertz CT molecular complexity index is 324. The summed E-state index contributed by atoms with van der Waals surface area (Å²) in [5.74, 6) is 1.57. The lowest BCUT2D eigenvalue weighted by atomic mass is 9.84. The van der Waals surface area contributed by atoms with E-state index in [9.17, 15) is 0 Å². The molecular weight excluding hydrogens is 208 g/mol. The number of alkyl halides is 1. The molecule has 0 radical (unpaired) electrons. The predicted molar refractivity (Wildman–Crippen MR) is 63.8 cm³/mol. The van der Waals surface area contributed by atoms with Crippen molar-refractivity contribution in [1.29, 1.82) is 0 Å². The molecule has 82 valence electrons. The molecule has 0 saturated heterocycles. The van der Waals surface area contributed by atoms with Crippen LogP contribution in [0, 0.1) is 0 Å². The van der Waals surface area contributed by atoms with Crippen LogP contribution in [-0.2, 0) is 0 Å². The molecule has 1 nitrogen and oxygen atoms in total. The van der Waals surface area contributed by atoms with E-state index in [1.165, 1.54) is 24.8 Å². The van der Waals surface area contributed by atoms with Crippen LogP contribution in [-0.4, -0.2) is 12.5 Å². The van der Waals surface area contributed by atoms with Crippen LogP contribution in [0.4, 0.5) is 0 Å². The Morgan fingerprint density at radius 1 is 1.33 bits per heavy atom. The van der Waals surface area contributed by atoms with Crippen molar-refractivity contribution in [3.63, 3.8) is 0 Å². The first kappa shape index (κ1) is 10.8. The normalized spacial score (nSPS) is 26.3. The van der Waals surface area contributed by atoms with Gasteiger partial charge in [-0.2, -0.15) is 0 Å². The third kappa shape index (κ3) is 2.66. The zero-order valence-electron chi connectivity index (χ0n) is 9.08. The number of rotatable bonds is 2. The van der Waals surface area contributed by atoms with Crippen LogP contribution >= 0.6 is 11.6 Å². The minimum atomic E-state index is 0.356. The summed E-state index contributed by atoms with van der Waals surface area (Å²) in [6.07, 6.45) is 4.78. The van der Waals surface area contributed by atoms with Gasteiger partial charge in [0, 0.05) is 5.38 Å². The van der Waals surface area contributed by atoms with E-state index in [4.69, 9.17) is 16.3 Å². The standard InChI is InChI=1S/C13H17ClO/c1-15-13-7-3-5-11(9-13)10-4-2-6-12(14)8-10/h3,5,7,9-10,12H,2,4,6,8H2,1H3. The topological polar surface area (TPSA) is 9.23 Å². The van der Waals surface area contributed by atoms with Gasteiger partial charge in [-0.05, 0) is 42.9 Å². The summed E-state index contributed by atoms with van der Waals surface area (Å²) >= 11 is 6.20. The molecule has 1 aromatic carbocycles. The van der Waals surface area contributed by atoms with Crippen LogP contribution in [0.2, 0.25) is 0 Å². The summed E-state index contributed by atoms with van der Waals surface area (Å²) in [5, 5.41) is 0.356. The molecule has 0 amide bonds. The van der Waals surface area contributed by atoms with Crippen molar-refractivity contribution < 1.29 is 4.74 Å². The van der Waals surface area contributed by atoms with Gasteiger partial charge in [-0.15, -0.1) is 11.6 Å². The third-order valence-corrected chi connectivity index (χ3v) is 3.57. The summed E-state index contributed by atoms with van der Waals surface area (Å²) in [6, 6.07) is 8.37. The van der Waals surface area contributed by atoms with Gasteiger partial charge in [0.1, 0.15) is 5.75 Å². The van der Waals surface area contributed by atoms with Crippen molar-refractivity contribution in [2.75, 3.05) is 7.11 Å². The van der Waals surface area contributed by atoms with Gasteiger partial charge in [0.25, 0.3) is 0 Å². The molecule has 1 aromatic rings. The van der Waals surface area contributed by atoms with Crippen molar-refractivity contribution in [1.82, 2.24) is 0 Å². The van der Waals surface area contributed by atoms with Crippen LogP contribution < -0.4 is 4.74 Å². The van der Waals surface area contributed by atoms with E-state index >= 15 is 0 Å². The second-order valence-electron chi connectivity index (χ2n) is 4.24. The molecule has 1 saturated carbocycles. The van der Waals surface area contributed by atoms with E-state index in [0.717, 1.165) is 12.2 Å². The first-order valence-electron chi connectivity index (χ1n) is 5.57. The highest BCUT2D eigenvalue weighted by molar-refractivity contribution is 6.20. The number of ether oxygens (including phenoxy) is 1. The minimum Gasteiger partial charge on any atom is -0.497 e. The first-order valence-corrected chi connectivity index (χ1v) is 6.01. The zero-order valence-corrected chi connectivity index (χ0v) is 9.83. The van der Waals surface area contributed by atoms with Crippen molar-refractivity contribution in [2.45, 2.75) is 37.0 Å². The molecule has 2 rings (SSSR count). The maximum atomic E-state index is 6.20. The Hall–Kier alpha value is -0.690. The lowest BCUT2D eigenvalue weighted by Crippen LogP contribution is -2.13. The van der Waals surface area contributed by atoms with E-state index < -0.39 is 0 Å². The van der Waals surface area contributed by atoms with E-state index in [1.54, 1.807) is 7.11 Å². The fraction of sp³-hybridized carbons (Fsp3) is 0.538. The lowest BCUT2D eigenvalue weighted by molar-refractivity contribution is 0.410. The van der Waals surface area contributed by atoms with Crippen LogP contribution in [0.15, 0.2) is 24.3 Å². The molecule has 0 heterocycles. The van der Waals surface area contributed by atoms with Crippen molar-refractivity contribution in [3.05, 3.63) is 29.8 Å². The second kappa shape index (κ2) is 4.89. The lowest BCUT2D eigenvalue weighted by Gasteiger charge is -2.25. The van der Waals surface area contributed by atoms with E-state index in [-0.39, 0.29) is 0 Å². The molecule has 1 aliphatic rings. The fourth-order valence-corrected chi connectivity index (χ4v) is 2.70. The Labute approximate surface area is 96.4 Å². The molecule has 1 aliphatic carbocycles. The van der Waals surface area contributed by atoms with Crippen molar-refractivity contribution in [2.24, 2.45) is 0 Å². The highest BCUT2D eigenvalue weighted by atomic mass is 35.5. The van der Waals surface area contributed by atoms with E-state index in [2.05, 4.69) is 18.2 Å². The van der Waals surface area contributed by atoms with Crippen LogP contribution in [0.3, 0.4) is 0 Å². The van der Waals surface area contributed by atoms with E-state index in [1.807, 2.05) is 6.07 Å². The summed E-state index contributed by atoms with van der Waals surface area (Å²) in [4.78, 5) is 0. The van der Waals surface area contributed by atoms with Crippen LogP contribution in [0.25, 0.3) is 0 Å². The Morgan fingerprint density at radius 3 is 2.93 bits per heavy atom. The summed E-state index contributed by atoms with van der Waals surface area (Å²) in [7, 11) is 1.71. The monoisotopic (exact) mass is 224 g/mol. The molecule has 0 aromatic heterocycles. The molecule has 0 bridgehead atoms. The summed E-state index contributed by atoms with van der Waals surface area (Å²) < 4.78 is 5.24. The molecule has 2 atom stereocenters. The molecule has 0 N–H and O–H groups in total. The maximum Gasteiger partial charge on any atom is 0.119 e. The number of hydrogen-bond acceptors (Lipinski definition) is 1. The second-order valence-corrected chi connectivity index (χ2v) is 4.85. The molecule has 1 fully saturated rings. The average Bonchev–Trinajstić information content (AvgIpc) is 2.29.